The van der Waals surface area contributed by atoms with E-state index in [0.29, 0.717) is 32.7 Å². The van der Waals surface area contributed by atoms with Crippen LogP contribution in [0.5, 0.6) is 0 Å². The number of hydrogen-bond acceptors (Lipinski definition) is 8. The SMILES string of the molecule is COC(=O)c1sccc1S(=O)(=O)NCCN1CCN(C(=O)c2cccs2)CC1.Cl. The summed E-state index contributed by atoms with van der Waals surface area (Å²) in [6, 6.07) is 5.08. The van der Waals surface area contributed by atoms with Crippen molar-refractivity contribution < 1.29 is 22.7 Å². The van der Waals surface area contributed by atoms with Gasteiger partial charge < -0.3 is 9.64 Å². The van der Waals surface area contributed by atoms with Gasteiger partial charge in [0.15, 0.2) is 0 Å². The molecule has 0 aliphatic carbocycles. The van der Waals surface area contributed by atoms with Gasteiger partial charge in [0.2, 0.25) is 10.0 Å². The molecule has 2 aromatic rings. The summed E-state index contributed by atoms with van der Waals surface area (Å²) in [6.07, 6.45) is 0. The van der Waals surface area contributed by atoms with Crippen molar-refractivity contribution in [3.05, 3.63) is 38.7 Å². The molecule has 0 aromatic carbocycles. The first-order valence-electron chi connectivity index (χ1n) is 8.63. The van der Waals surface area contributed by atoms with Crippen LogP contribution in [0.15, 0.2) is 33.9 Å². The maximum atomic E-state index is 12.5. The number of rotatable bonds is 7. The van der Waals surface area contributed by atoms with Crippen molar-refractivity contribution in [2.24, 2.45) is 0 Å². The smallest absolute Gasteiger partial charge is 0.349 e. The van der Waals surface area contributed by atoms with Gasteiger partial charge in [-0.3, -0.25) is 9.69 Å². The minimum atomic E-state index is -3.79. The fourth-order valence-corrected chi connectivity index (χ4v) is 5.94. The third-order valence-corrected chi connectivity index (χ3v) is 7.79. The fourth-order valence-electron chi connectivity index (χ4n) is 2.90. The maximum absolute atomic E-state index is 12.5. The van der Waals surface area contributed by atoms with Crippen LogP contribution in [0.2, 0.25) is 0 Å². The number of ether oxygens (including phenoxy) is 1. The van der Waals surface area contributed by atoms with E-state index in [9.17, 15) is 18.0 Å². The molecule has 0 atom stereocenters. The number of amides is 1. The average Bonchev–Trinajstić information content (AvgIpc) is 3.39. The van der Waals surface area contributed by atoms with Crippen LogP contribution < -0.4 is 4.72 Å². The predicted molar refractivity (Wildman–Crippen MR) is 115 cm³/mol. The molecular weight excluding hydrogens is 458 g/mol. The summed E-state index contributed by atoms with van der Waals surface area (Å²) in [5.41, 5.74) is 0. The van der Waals surface area contributed by atoms with E-state index in [-0.39, 0.29) is 34.6 Å². The number of methoxy groups -OCH3 is 1. The summed E-state index contributed by atoms with van der Waals surface area (Å²) in [6.45, 7) is 3.34. The molecule has 3 heterocycles. The van der Waals surface area contributed by atoms with Crippen molar-refractivity contribution >= 4 is 57.0 Å². The van der Waals surface area contributed by atoms with E-state index in [4.69, 9.17) is 0 Å². The molecule has 1 aliphatic rings. The Balaban J connectivity index is 0.00000300. The second kappa shape index (κ2) is 10.5. The molecule has 1 N–H and O–H groups in total. The van der Waals surface area contributed by atoms with Crippen LogP contribution in [0.3, 0.4) is 0 Å². The standard InChI is InChI=1S/C17H21N3O5S3.ClH/c1-25-17(22)15-14(4-12-27-15)28(23,24)18-5-6-19-7-9-20(10-8-19)16(21)13-3-2-11-26-13;/h2-4,11-12,18H,5-10H2,1H3;1H. The number of nitrogens with zero attached hydrogens (tertiary/aromatic N) is 2. The van der Waals surface area contributed by atoms with E-state index < -0.39 is 16.0 Å². The van der Waals surface area contributed by atoms with E-state index >= 15 is 0 Å². The largest absolute Gasteiger partial charge is 0.465 e. The summed E-state index contributed by atoms with van der Waals surface area (Å²) < 4.78 is 32.1. The Bertz CT molecular complexity index is 922. The number of nitrogens with one attached hydrogen (secondary N) is 1. The highest BCUT2D eigenvalue weighted by Gasteiger charge is 2.26. The number of hydrogen-bond donors (Lipinski definition) is 1. The minimum absolute atomic E-state index is 0. The molecular formula is C17H22ClN3O5S3. The van der Waals surface area contributed by atoms with Gasteiger partial charge in [-0.2, -0.15) is 0 Å². The highest BCUT2D eigenvalue weighted by Crippen LogP contribution is 2.22. The van der Waals surface area contributed by atoms with Crippen molar-refractivity contribution in [3.63, 3.8) is 0 Å². The van der Waals surface area contributed by atoms with Crippen LogP contribution in [-0.2, 0) is 14.8 Å². The highest BCUT2D eigenvalue weighted by atomic mass is 35.5. The van der Waals surface area contributed by atoms with Crippen LogP contribution in [0.25, 0.3) is 0 Å². The van der Waals surface area contributed by atoms with Gasteiger partial charge >= 0.3 is 5.97 Å². The summed E-state index contributed by atoms with van der Waals surface area (Å²) in [4.78, 5) is 28.7. The fraction of sp³-hybridized carbons (Fsp3) is 0.412. The Morgan fingerprint density at radius 2 is 1.86 bits per heavy atom. The Labute approximate surface area is 183 Å². The summed E-state index contributed by atoms with van der Waals surface area (Å²) in [5, 5.41) is 3.43. The van der Waals surface area contributed by atoms with Crippen LogP contribution in [0, 0.1) is 0 Å². The van der Waals surface area contributed by atoms with Crippen molar-refractivity contribution in [1.29, 1.82) is 0 Å². The molecule has 0 bridgehead atoms. The molecule has 12 heteroatoms. The quantitative estimate of drug-likeness (QED) is 0.608. The second-order valence-corrected chi connectivity index (χ2v) is 9.71. The van der Waals surface area contributed by atoms with Gasteiger partial charge in [-0.15, -0.1) is 35.1 Å². The van der Waals surface area contributed by atoms with E-state index in [1.165, 1.54) is 24.5 Å². The lowest BCUT2D eigenvalue weighted by Gasteiger charge is -2.34. The molecule has 0 spiro atoms. The molecule has 0 radical (unpaired) electrons. The van der Waals surface area contributed by atoms with Gasteiger partial charge in [-0.25, -0.2) is 17.9 Å². The van der Waals surface area contributed by atoms with Crippen molar-refractivity contribution in [3.8, 4) is 0 Å². The zero-order valence-corrected chi connectivity index (χ0v) is 19.0. The van der Waals surface area contributed by atoms with Crippen LogP contribution in [-0.4, -0.2) is 76.5 Å². The molecule has 3 rings (SSSR count). The van der Waals surface area contributed by atoms with Crippen LogP contribution >= 0.6 is 35.1 Å². The molecule has 8 nitrogen and oxygen atoms in total. The van der Waals surface area contributed by atoms with E-state index in [2.05, 4.69) is 14.4 Å². The third kappa shape index (κ3) is 5.77. The number of piperazine rings is 1. The van der Waals surface area contributed by atoms with Gasteiger partial charge in [-0.1, -0.05) is 6.07 Å². The molecule has 1 amide bonds. The molecule has 160 valence electrons. The van der Waals surface area contributed by atoms with Crippen molar-refractivity contribution in [2.45, 2.75) is 4.90 Å². The van der Waals surface area contributed by atoms with Crippen LogP contribution in [0.1, 0.15) is 19.3 Å². The second-order valence-electron chi connectivity index (χ2n) is 6.11. The number of esters is 1. The number of halogens is 1. The van der Waals surface area contributed by atoms with Gasteiger partial charge in [0.25, 0.3) is 5.91 Å². The Morgan fingerprint density at radius 3 is 2.48 bits per heavy atom. The number of thiophene rings is 2. The Kier molecular flexibility index (Phi) is 8.61. The zero-order chi connectivity index (χ0) is 20.1. The lowest BCUT2D eigenvalue weighted by Crippen LogP contribution is -2.50. The first-order valence-corrected chi connectivity index (χ1v) is 11.9. The average molecular weight is 480 g/mol. The molecule has 2 aromatic heterocycles. The molecule has 1 saturated heterocycles. The number of carbonyl (C=O) groups excluding carboxylic acids is 2. The maximum Gasteiger partial charge on any atom is 0.349 e. The highest BCUT2D eigenvalue weighted by molar-refractivity contribution is 7.89. The molecule has 1 aliphatic heterocycles. The van der Waals surface area contributed by atoms with Gasteiger partial charge in [0, 0.05) is 39.3 Å². The number of sulfonamides is 1. The minimum Gasteiger partial charge on any atom is -0.465 e. The topological polar surface area (TPSA) is 96.0 Å². The molecule has 0 unspecified atom stereocenters. The summed E-state index contributed by atoms with van der Waals surface area (Å²) in [7, 11) is -2.57. The molecule has 1 fully saturated rings. The third-order valence-electron chi connectivity index (χ3n) is 4.40. The summed E-state index contributed by atoms with van der Waals surface area (Å²) in [5.74, 6) is -0.620. The molecule has 0 saturated carbocycles. The van der Waals surface area contributed by atoms with Crippen molar-refractivity contribution in [1.82, 2.24) is 14.5 Å². The molecule has 29 heavy (non-hydrogen) atoms. The first-order chi connectivity index (χ1) is 13.4. The lowest BCUT2D eigenvalue weighted by molar-refractivity contribution is 0.0600. The van der Waals surface area contributed by atoms with E-state index in [1.54, 1.807) is 5.38 Å². The summed E-state index contributed by atoms with van der Waals surface area (Å²) >= 11 is 2.46. The normalized spacial score (nSPS) is 15.0. The van der Waals surface area contributed by atoms with E-state index in [1.807, 2.05) is 22.4 Å². The predicted octanol–water partition coefficient (Wildman–Crippen LogP) is 1.75. The number of carbonyl (C=O) groups is 2. The van der Waals surface area contributed by atoms with E-state index in [0.717, 1.165) is 16.2 Å². The monoisotopic (exact) mass is 479 g/mol. The Morgan fingerprint density at radius 1 is 1.14 bits per heavy atom. The lowest BCUT2D eigenvalue weighted by atomic mass is 10.3. The van der Waals surface area contributed by atoms with Gasteiger partial charge in [0.05, 0.1) is 12.0 Å². The zero-order valence-electron chi connectivity index (χ0n) is 15.7. The van der Waals surface area contributed by atoms with Crippen molar-refractivity contribution in [2.75, 3.05) is 46.4 Å². The Hall–Kier alpha value is -1.50. The first kappa shape index (κ1) is 23.8. The van der Waals surface area contributed by atoms with Gasteiger partial charge in [-0.05, 0) is 22.9 Å². The van der Waals surface area contributed by atoms with Gasteiger partial charge in [0.1, 0.15) is 9.77 Å². The van der Waals surface area contributed by atoms with Crippen LogP contribution in [0.4, 0.5) is 0 Å².